The summed E-state index contributed by atoms with van der Waals surface area (Å²) in [5.74, 6) is 0.507. The molecule has 0 saturated carbocycles. The summed E-state index contributed by atoms with van der Waals surface area (Å²) in [6.07, 6.45) is 6.91. The molecule has 3 rings (SSSR count). The van der Waals surface area contributed by atoms with Gasteiger partial charge in [0.2, 0.25) is 5.91 Å². The minimum Gasteiger partial charge on any atom is -0.394 e. The number of anilines is 2. The van der Waals surface area contributed by atoms with Crippen molar-refractivity contribution >= 4 is 17.3 Å². The summed E-state index contributed by atoms with van der Waals surface area (Å²) in [5, 5.41) is 16.6. The number of unbranched alkanes of at least 4 members (excludes halogenated alkanes) is 3. The second-order valence-corrected chi connectivity index (χ2v) is 8.84. The fourth-order valence-electron chi connectivity index (χ4n) is 4.95. The smallest absolute Gasteiger partial charge is 0.243 e. The number of benzene rings is 1. The van der Waals surface area contributed by atoms with Crippen LogP contribution in [0, 0.1) is 5.92 Å². The Morgan fingerprint density at radius 1 is 1.25 bits per heavy atom. The van der Waals surface area contributed by atoms with E-state index in [1.54, 1.807) is 0 Å². The normalized spacial score (nSPS) is 24.3. The molecule has 0 radical (unpaired) electrons. The molecule has 0 saturated heterocycles. The number of aryl methyl sites for hydroxylation is 1. The van der Waals surface area contributed by atoms with Crippen LogP contribution < -0.4 is 15.5 Å². The first-order valence-corrected chi connectivity index (χ1v) is 11.0. The van der Waals surface area contributed by atoms with Crippen LogP contribution >= 0.6 is 0 Å². The van der Waals surface area contributed by atoms with Crippen molar-refractivity contribution in [3.8, 4) is 0 Å². The molecule has 28 heavy (non-hydrogen) atoms. The molecule has 0 spiro atoms. The Bertz CT molecular complexity index is 689. The standard InChI is InChI=1S/C23H37N3O2/c1-5-6-7-8-9-16-10-11-19-20-17(13-24-21(16)20)12-18(14-27)25-23(28)22(15(2)3)26(19)4/h10-11,15,17-18,22,24,27H,5-9,12-14H2,1-4H3,(H,25,28)/t17-,18-,22-/m0/s1. The van der Waals surface area contributed by atoms with Gasteiger partial charge < -0.3 is 20.6 Å². The minimum absolute atomic E-state index is 0.0156. The zero-order valence-electron chi connectivity index (χ0n) is 17.9. The Balaban J connectivity index is 1.99. The number of nitrogens with one attached hydrogen (secondary N) is 2. The number of hydrogen-bond donors (Lipinski definition) is 3. The van der Waals surface area contributed by atoms with Crippen molar-refractivity contribution in [1.29, 1.82) is 0 Å². The SMILES string of the molecule is CCCCCCc1ccc2c3c1NC[C@@H]3C[C@@H](CO)NC(=O)[C@H](C(C)C)N2C. The largest absolute Gasteiger partial charge is 0.394 e. The number of nitrogens with zero attached hydrogens (tertiary/aromatic N) is 1. The molecule has 156 valence electrons. The molecule has 0 bridgehead atoms. The molecule has 3 N–H and O–H groups in total. The van der Waals surface area contributed by atoms with Crippen LogP contribution in [0.5, 0.6) is 0 Å². The van der Waals surface area contributed by atoms with Crippen LogP contribution in [-0.4, -0.2) is 43.3 Å². The lowest BCUT2D eigenvalue weighted by Crippen LogP contribution is -2.51. The van der Waals surface area contributed by atoms with Gasteiger partial charge in [0.25, 0.3) is 0 Å². The highest BCUT2D eigenvalue weighted by Crippen LogP contribution is 2.44. The van der Waals surface area contributed by atoms with Crippen molar-refractivity contribution in [2.45, 2.75) is 77.3 Å². The van der Waals surface area contributed by atoms with Crippen LogP contribution in [-0.2, 0) is 11.2 Å². The van der Waals surface area contributed by atoms with E-state index in [-0.39, 0.29) is 30.5 Å². The van der Waals surface area contributed by atoms with Gasteiger partial charge in [-0.05, 0) is 36.8 Å². The van der Waals surface area contributed by atoms with Crippen LogP contribution in [0.1, 0.15) is 69.9 Å². The number of carbonyl (C=O) groups excluding carboxylic acids is 1. The van der Waals surface area contributed by atoms with Crippen molar-refractivity contribution < 1.29 is 9.90 Å². The number of aliphatic hydroxyl groups is 1. The van der Waals surface area contributed by atoms with E-state index in [9.17, 15) is 9.90 Å². The van der Waals surface area contributed by atoms with Gasteiger partial charge in [-0.25, -0.2) is 0 Å². The van der Waals surface area contributed by atoms with E-state index in [1.807, 2.05) is 7.05 Å². The second-order valence-electron chi connectivity index (χ2n) is 8.84. The average Bonchev–Trinajstić information content (AvgIpc) is 3.09. The minimum atomic E-state index is -0.243. The quantitative estimate of drug-likeness (QED) is 0.625. The number of hydrogen-bond acceptors (Lipinski definition) is 4. The van der Waals surface area contributed by atoms with Crippen molar-refractivity contribution in [1.82, 2.24) is 5.32 Å². The summed E-state index contributed by atoms with van der Waals surface area (Å²) in [6, 6.07) is 4.03. The number of aliphatic hydroxyl groups excluding tert-OH is 1. The fourth-order valence-corrected chi connectivity index (χ4v) is 4.95. The number of rotatable bonds is 7. The Kier molecular flexibility index (Phi) is 6.86. The predicted octanol–water partition coefficient (Wildman–Crippen LogP) is 3.66. The first kappa shape index (κ1) is 21.0. The van der Waals surface area contributed by atoms with Gasteiger partial charge in [-0.2, -0.15) is 0 Å². The van der Waals surface area contributed by atoms with Gasteiger partial charge in [-0.3, -0.25) is 4.79 Å². The third-order valence-electron chi connectivity index (χ3n) is 6.38. The first-order valence-electron chi connectivity index (χ1n) is 11.0. The molecule has 5 heteroatoms. The third-order valence-corrected chi connectivity index (χ3v) is 6.38. The van der Waals surface area contributed by atoms with Crippen molar-refractivity contribution in [2.75, 3.05) is 30.4 Å². The van der Waals surface area contributed by atoms with E-state index < -0.39 is 0 Å². The van der Waals surface area contributed by atoms with Crippen LogP contribution in [0.25, 0.3) is 0 Å². The first-order chi connectivity index (χ1) is 13.5. The van der Waals surface area contributed by atoms with Gasteiger partial charge in [0.1, 0.15) is 6.04 Å². The average molecular weight is 388 g/mol. The number of likely N-dealkylation sites (N-methyl/N-ethyl adjacent to an activating group) is 1. The zero-order valence-corrected chi connectivity index (χ0v) is 17.9. The monoisotopic (exact) mass is 387 g/mol. The predicted molar refractivity (Wildman–Crippen MR) is 116 cm³/mol. The Morgan fingerprint density at radius 3 is 2.71 bits per heavy atom. The molecule has 0 aliphatic carbocycles. The lowest BCUT2D eigenvalue weighted by atomic mass is 9.90. The van der Waals surface area contributed by atoms with Crippen LogP contribution in [0.3, 0.4) is 0 Å². The van der Waals surface area contributed by atoms with Gasteiger partial charge in [-0.15, -0.1) is 0 Å². The molecule has 2 heterocycles. The third kappa shape index (κ3) is 4.14. The van der Waals surface area contributed by atoms with Crippen molar-refractivity contribution in [2.24, 2.45) is 5.92 Å². The maximum atomic E-state index is 13.0. The molecule has 2 aliphatic rings. The Labute approximate surface area is 169 Å². The summed E-state index contributed by atoms with van der Waals surface area (Å²) in [6.45, 7) is 7.28. The maximum absolute atomic E-state index is 13.0. The van der Waals surface area contributed by atoms with E-state index in [0.717, 1.165) is 25.1 Å². The van der Waals surface area contributed by atoms with E-state index in [0.29, 0.717) is 5.92 Å². The van der Waals surface area contributed by atoms with Gasteiger partial charge in [-0.1, -0.05) is 46.1 Å². The lowest BCUT2D eigenvalue weighted by Gasteiger charge is -2.33. The molecular formula is C23H37N3O2. The summed E-state index contributed by atoms with van der Waals surface area (Å²) < 4.78 is 0. The van der Waals surface area contributed by atoms with E-state index in [4.69, 9.17) is 0 Å². The summed E-state index contributed by atoms with van der Waals surface area (Å²) in [4.78, 5) is 15.1. The van der Waals surface area contributed by atoms with E-state index >= 15 is 0 Å². The Hall–Kier alpha value is -1.75. The Morgan fingerprint density at radius 2 is 2.04 bits per heavy atom. The van der Waals surface area contributed by atoms with Gasteiger partial charge >= 0.3 is 0 Å². The van der Waals surface area contributed by atoms with Crippen LogP contribution in [0.4, 0.5) is 11.4 Å². The molecule has 0 fully saturated rings. The molecule has 1 aromatic rings. The maximum Gasteiger partial charge on any atom is 0.243 e. The summed E-state index contributed by atoms with van der Waals surface area (Å²) >= 11 is 0. The van der Waals surface area contributed by atoms with E-state index in [1.165, 1.54) is 42.5 Å². The van der Waals surface area contributed by atoms with Gasteiger partial charge in [0.05, 0.1) is 12.6 Å². The number of amides is 1. The van der Waals surface area contributed by atoms with Crippen molar-refractivity contribution in [3.05, 3.63) is 23.3 Å². The van der Waals surface area contributed by atoms with Crippen LogP contribution in [0.2, 0.25) is 0 Å². The number of carbonyl (C=O) groups is 1. The summed E-state index contributed by atoms with van der Waals surface area (Å²) in [7, 11) is 2.04. The highest BCUT2D eigenvalue weighted by molar-refractivity contribution is 5.87. The fraction of sp³-hybridized carbons (Fsp3) is 0.696. The molecule has 0 unspecified atom stereocenters. The second kappa shape index (κ2) is 9.17. The topological polar surface area (TPSA) is 64.6 Å². The highest BCUT2D eigenvalue weighted by atomic mass is 16.3. The van der Waals surface area contributed by atoms with Crippen LogP contribution in [0.15, 0.2) is 12.1 Å². The van der Waals surface area contributed by atoms with Gasteiger partial charge in [0, 0.05) is 36.4 Å². The molecule has 1 aromatic carbocycles. The lowest BCUT2D eigenvalue weighted by molar-refractivity contribution is -0.124. The molecule has 1 amide bonds. The summed E-state index contributed by atoms with van der Waals surface area (Å²) in [5.41, 5.74) is 5.18. The van der Waals surface area contributed by atoms with E-state index in [2.05, 4.69) is 48.4 Å². The molecular weight excluding hydrogens is 350 g/mol. The van der Waals surface area contributed by atoms with Gasteiger partial charge in [0.15, 0.2) is 0 Å². The molecule has 3 atom stereocenters. The molecule has 5 nitrogen and oxygen atoms in total. The zero-order chi connectivity index (χ0) is 20.3. The molecule has 2 aliphatic heterocycles. The van der Waals surface area contributed by atoms with Crippen molar-refractivity contribution in [3.63, 3.8) is 0 Å². The molecule has 0 aromatic heterocycles. The highest BCUT2D eigenvalue weighted by Gasteiger charge is 2.37.